The molecule has 4 heteroatoms. The van der Waals surface area contributed by atoms with Crippen LogP contribution in [-0.4, -0.2) is 18.3 Å². The molecule has 448 valence electrons. The van der Waals surface area contributed by atoms with Gasteiger partial charge in [-0.05, 0) is 175 Å². The minimum Gasteiger partial charge on any atom is -0.309 e. The summed E-state index contributed by atoms with van der Waals surface area (Å²) in [6.45, 7) is 0. The van der Waals surface area contributed by atoms with Crippen LogP contribution in [0.1, 0.15) is 0 Å². The molecule has 4 heterocycles. The zero-order valence-electron chi connectivity index (χ0n) is 52.4. The van der Waals surface area contributed by atoms with Crippen LogP contribution in [-0.2, 0) is 0 Å². The zero-order chi connectivity index (χ0) is 63.2. The highest BCUT2D eigenvalue weighted by Gasteiger charge is 2.20. The number of nitrogens with zero attached hydrogens (tertiary/aromatic N) is 4. The van der Waals surface area contributed by atoms with E-state index < -0.39 is 0 Å². The summed E-state index contributed by atoms with van der Waals surface area (Å²) in [6, 6.07) is 132. The lowest BCUT2D eigenvalue weighted by atomic mass is 9.98. The molecule has 0 radical (unpaired) electrons. The molecule has 0 spiro atoms. The van der Waals surface area contributed by atoms with E-state index in [1.807, 2.05) is 0 Å². The molecule has 20 aromatic rings. The molecule has 20 rings (SSSR count). The number of benzene rings is 16. The Kier molecular flexibility index (Phi) is 12.9. The molecule has 0 unspecified atom stereocenters. The Hall–Kier alpha value is -12.8. The van der Waals surface area contributed by atoms with Crippen LogP contribution >= 0.6 is 0 Å². The SMILES string of the molecule is c1ccc(-n2c3ccccc3c3cc(-c4ccc5c6ccccc6n(-c6ccc(-c7cccc8ccccc78)cc6)c5c4)ccc32)cc1.c1ccc(-n2c3ccccc3c3cc(-c4ccc5c6ccccc6n(-c6cccc(-c7cccc8ccccc78)c6)c5c4)ccc32)cc1. The van der Waals surface area contributed by atoms with Crippen molar-refractivity contribution in [3.8, 4) is 67.3 Å². The van der Waals surface area contributed by atoms with Crippen molar-refractivity contribution in [2.75, 3.05) is 0 Å². The lowest BCUT2D eigenvalue weighted by molar-refractivity contribution is 1.18. The van der Waals surface area contributed by atoms with Gasteiger partial charge in [0.1, 0.15) is 0 Å². The standard InChI is InChI=1S/2C46H30N2/c1-2-15-35(16-3-1)47-44-23-9-7-20-40(44)42-29-32(25-27-45(42)47)33-24-26-41-39-19-6-8-22-43(39)48(46(41)30-33)36-17-10-14-34(28-36)38-21-11-13-31-12-4-5-18-37(31)38;1-2-13-35(14-3-1)47-44-20-9-7-17-40(44)42-29-33(24-28-45(42)47)34-23-27-41-39-16-6-8-19-43(39)48(46(41)30-34)36-25-21-32(22-26-36)38-18-10-12-31-11-4-5-15-37(31)38/h2*1-30H. The maximum atomic E-state index is 2.43. The van der Waals surface area contributed by atoms with Gasteiger partial charge >= 0.3 is 0 Å². The molecule has 16 aromatic carbocycles. The van der Waals surface area contributed by atoms with Crippen molar-refractivity contribution in [1.29, 1.82) is 0 Å². The van der Waals surface area contributed by atoms with Crippen molar-refractivity contribution in [3.63, 3.8) is 0 Å². The fourth-order valence-electron chi connectivity index (χ4n) is 15.4. The van der Waals surface area contributed by atoms with Crippen molar-refractivity contribution in [2.24, 2.45) is 0 Å². The van der Waals surface area contributed by atoms with Gasteiger partial charge < -0.3 is 18.3 Å². The highest BCUT2D eigenvalue weighted by atomic mass is 15.0. The van der Waals surface area contributed by atoms with Gasteiger partial charge in [-0.1, -0.05) is 255 Å². The van der Waals surface area contributed by atoms with E-state index in [0.717, 1.165) is 11.4 Å². The van der Waals surface area contributed by atoms with E-state index in [2.05, 4.69) is 382 Å². The predicted octanol–water partition coefficient (Wildman–Crippen LogP) is 24.7. The molecule has 0 amide bonds. The van der Waals surface area contributed by atoms with Crippen LogP contribution < -0.4 is 0 Å². The van der Waals surface area contributed by atoms with E-state index in [-0.39, 0.29) is 0 Å². The quantitative estimate of drug-likeness (QED) is 0.144. The van der Waals surface area contributed by atoms with Gasteiger partial charge in [0.25, 0.3) is 0 Å². The van der Waals surface area contributed by atoms with E-state index in [0.29, 0.717) is 0 Å². The van der Waals surface area contributed by atoms with Gasteiger partial charge in [0.2, 0.25) is 0 Å². The van der Waals surface area contributed by atoms with Crippen LogP contribution in [0.4, 0.5) is 0 Å². The topological polar surface area (TPSA) is 19.7 Å². The van der Waals surface area contributed by atoms with Gasteiger partial charge in [-0.2, -0.15) is 0 Å². The van der Waals surface area contributed by atoms with Crippen molar-refractivity contribution in [3.05, 3.63) is 364 Å². The minimum atomic E-state index is 1.16. The van der Waals surface area contributed by atoms with E-state index in [4.69, 9.17) is 0 Å². The molecule has 0 fully saturated rings. The zero-order valence-corrected chi connectivity index (χ0v) is 52.4. The van der Waals surface area contributed by atoms with Gasteiger partial charge in [-0.15, -0.1) is 0 Å². The second-order valence-corrected chi connectivity index (χ2v) is 25.2. The Morgan fingerprint density at radius 3 is 0.917 bits per heavy atom. The Bertz CT molecular complexity index is 6430. The van der Waals surface area contributed by atoms with Gasteiger partial charge in [0, 0.05) is 65.8 Å². The van der Waals surface area contributed by atoms with Crippen molar-refractivity contribution in [1.82, 2.24) is 18.3 Å². The molecule has 0 saturated heterocycles. The summed E-state index contributed by atoms with van der Waals surface area (Å²) < 4.78 is 9.60. The number of rotatable bonds is 8. The maximum absolute atomic E-state index is 2.43. The second-order valence-electron chi connectivity index (χ2n) is 25.2. The Morgan fingerprint density at radius 1 is 0.135 bits per heavy atom. The summed E-state index contributed by atoms with van der Waals surface area (Å²) in [4.78, 5) is 0. The van der Waals surface area contributed by atoms with E-state index in [1.54, 1.807) is 0 Å². The third-order valence-electron chi connectivity index (χ3n) is 19.8. The third-order valence-corrected chi connectivity index (χ3v) is 19.8. The normalized spacial score (nSPS) is 11.8. The average Bonchev–Trinajstić information content (AvgIpc) is 1.60. The molecule has 0 atom stereocenters. The largest absolute Gasteiger partial charge is 0.309 e. The molecule has 0 aliphatic carbocycles. The molecule has 0 N–H and O–H groups in total. The Morgan fingerprint density at radius 2 is 0.438 bits per heavy atom. The monoisotopic (exact) mass is 1220 g/mol. The predicted molar refractivity (Wildman–Crippen MR) is 407 cm³/mol. The van der Waals surface area contributed by atoms with Gasteiger partial charge in [0.15, 0.2) is 0 Å². The summed E-state index contributed by atoms with van der Waals surface area (Å²) >= 11 is 0. The van der Waals surface area contributed by atoms with Crippen molar-refractivity contribution >= 4 is 109 Å². The fourth-order valence-corrected chi connectivity index (χ4v) is 15.4. The molecular formula is C92H60N4. The van der Waals surface area contributed by atoms with Gasteiger partial charge in [-0.3, -0.25) is 0 Å². The lowest BCUT2D eigenvalue weighted by Gasteiger charge is -2.12. The summed E-state index contributed by atoms with van der Waals surface area (Å²) in [6.07, 6.45) is 0. The van der Waals surface area contributed by atoms with E-state index >= 15 is 0 Å². The van der Waals surface area contributed by atoms with Crippen LogP contribution in [0.25, 0.3) is 176 Å². The fraction of sp³-hybridized carbons (Fsp3) is 0. The van der Waals surface area contributed by atoms with Gasteiger partial charge in [-0.25, -0.2) is 0 Å². The third kappa shape index (κ3) is 8.99. The number of hydrogen-bond donors (Lipinski definition) is 0. The first-order valence-corrected chi connectivity index (χ1v) is 33.1. The Labute approximate surface area is 554 Å². The number of hydrogen-bond acceptors (Lipinski definition) is 0. The second kappa shape index (κ2) is 22.5. The molecule has 0 aliphatic rings. The molecule has 0 bridgehead atoms. The average molecular weight is 1220 g/mol. The highest BCUT2D eigenvalue weighted by molar-refractivity contribution is 6.15. The maximum Gasteiger partial charge on any atom is 0.0547 e. The first-order chi connectivity index (χ1) is 47.6. The molecule has 0 aliphatic heterocycles. The van der Waals surface area contributed by atoms with Crippen LogP contribution in [0, 0.1) is 0 Å². The molecule has 4 aromatic heterocycles. The summed E-state index contributed by atoms with van der Waals surface area (Å²) in [7, 11) is 0. The number of aromatic nitrogens is 4. The van der Waals surface area contributed by atoms with E-state index in [9.17, 15) is 0 Å². The minimum absolute atomic E-state index is 1.16. The number of para-hydroxylation sites is 6. The first-order valence-electron chi connectivity index (χ1n) is 33.1. The van der Waals surface area contributed by atoms with Gasteiger partial charge in [0.05, 0.1) is 44.1 Å². The lowest BCUT2D eigenvalue weighted by Crippen LogP contribution is -1.95. The summed E-state index contributed by atoms with van der Waals surface area (Å²) in [5.74, 6) is 0. The van der Waals surface area contributed by atoms with Crippen molar-refractivity contribution < 1.29 is 0 Å². The molecular weight excluding hydrogens is 1160 g/mol. The highest BCUT2D eigenvalue weighted by Crippen LogP contribution is 2.42. The summed E-state index contributed by atoms with van der Waals surface area (Å²) in [5.41, 5.74) is 24.1. The first kappa shape index (κ1) is 54.9. The van der Waals surface area contributed by atoms with Crippen LogP contribution in [0.5, 0.6) is 0 Å². The van der Waals surface area contributed by atoms with Crippen LogP contribution in [0.3, 0.4) is 0 Å². The van der Waals surface area contributed by atoms with Crippen LogP contribution in [0.15, 0.2) is 364 Å². The smallest absolute Gasteiger partial charge is 0.0547 e. The molecule has 0 saturated carbocycles. The number of fused-ring (bicyclic) bond motifs is 14. The van der Waals surface area contributed by atoms with Crippen LogP contribution in [0.2, 0.25) is 0 Å². The Balaban J connectivity index is 0.000000135. The molecule has 4 nitrogen and oxygen atoms in total. The summed E-state index contributed by atoms with van der Waals surface area (Å²) in [5, 5.41) is 15.1. The van der Waals surface area contributed by atoms with Crippen molar-refractivity contribution in [2.45, 2.75) is 0 Å². The molecule has 96 heavy (non-hydrogen) atoms. The van der Waals surface area contributed by atoms with E-state index in [1.165, 1.54) is 165 Å².